The van der Waals surface area contributed by atoms with Crippen molar-refractivity contribution in [3.05, 3.63) is 53.3 Å². The van der Waals surface area contributed by atoms with Crippen molar-refractivity contribution in [2.45, 2.75) is 20.4 Å². The van der Waals surface area contributed by atoms with Crippen LogP contribution in [0.3, 0.4) is 0 Å². The van der Waals surface area contributed by atoms with E-state index in [4.69, 9.17) is 0 Å². The summed E-state index contributed by atoms with van der Waals surface area (Å²) in [5.74, 6) is 0. The van der Waals surface area contributed by atoms with E-state index in [0.717, 1.165) is 34.5 Å². The maximum absolute atomic E-state index is 4.49. The van der Waals surface area contributed by atoms with E-state index in [1.54, 1.807) is 0 Å². The van der Waals surface area contributed by atoms with Crippen molar-refractivity contribution >= 4 is 16.7 Å². The van der Waals surface area contributed by atoms with Gasteiger partial charge in [0.05, 0.1) is 5.69 Å². The Labute approximate surface area is 118 Å². The number of nitrogens with zero attached hydrogens (tertiary/aromatic N) is 3. The summed E-state index contributed by atoms with van der Waals surface area (Å²) in [7, 11) is 1.92. The van der Waals surface area contributed by atoms with E-state index >= 15 is 0 Å². The average Bonchev–Trinajstić information content (AvgIpc) is 2.72. The fourth-order valence-electron chi connectivity index (χ4n) is 2.41. The molecule has 0 radical (unpaired) electrons. The Kier molecular flexibility index (Phi) is 3.14. The normalized spacial score (nSPS) is 10.9. The molecule has 0 aliphatic carbocycles. The molecule has 2 aromatic heterocycles. The SMILES string of the molecule is Cc1cccc(NCc2cnc3c(c2)c(C)nn3C)c1. The van der Waals surface area contributed by atoms with Crippen LogP contribution in [-0.4, -0.2) is 14.8 Å². The summed E-state index contributed by atoms with van der Waals surface area (Å²) in [6.07, 6.45) is 1.91. The van der Waals surface area contributed by atoms with Crippen molar-refractivity contribution in [2.24, 2.45) is 7.05 Å². The molecule has 4 nitrogen and oxygen atoms in total. The number of rotatable bonds is 3. The maximum atomic E-state index is 4.49. The molecule has 0 aliphatic rings. The average molecular weight is 266 g/mol. The molecular weight excluding hydrogens is 248 g/mol. The highest BCUT2D eigenvalue weighted by molar-refractivity contribution is 5.78. The first-order valence-electron chi connectivity index (χ1n) is 6.72. The van der Waals surface area contributed by atoms with Crippen LogP contribution in [-0.2, 0) is 13.6 Å². The number of hydrogen-bond donors (Lipinski definition) is 1. The molecule has 0 atom stereocenters. The van der Waals surface area contributed by atoms with Gasteiger partial charge in [0.2, 0.25) is 0 Å². The van der Waals surface area contributed by atoms with Gasteiger partial charge in [0.1, 0.15) is 0 Å². The minimum absolute atomic E-state index is 0.765. The van der Waals surface area contributed by atoms with Gasteiger partial charge in [-0.25, -0.2) is 4.98 Å². The van der Waals surface area contributed by atoms with Gasteiger partial charge in [0.15, 0.2) is 5.65 Å². The highest BCUT2D eigenvalue weighted by atomic mass is 15.3. The maximum Gasteiger partial charge on any atom is 0.157 e. The van der Waals surface area contributed by atoms with Gasteiger partial charge in [-0.15, -0.1) is 0 Å². The third kappa shape index (κ3) is 2.37. The van der Waals surface area contributed by atoms with Crippen LogP contribution in [0.15, 0.2) is 36.5 Å². The van der Waals surface area contributed by atoms with Gasteiger partial charge in [0, 0.05) is 30.9 Å². The van der Waals surface area contributed by atoms with E-state index in [1.807, 2.05) is 24.9 Å². The van der Waals surface area contributed by atoms with Crippen LogP contribution in [0.1, 0.15) is 16.8 Å². The topological polar surface area (TPSA) is 42.7 Å². The quantitative estimate of drug-likeness (QED) is 0.791. The van der Waals surface area contributed by atoms with Gasteiger partial charge in [0.25, 0.3) is 0 Å². The smallest absolute Gasteiger partial charge is 0.157 e. The second-order valence-corrected chi connectivity index (χ2v) is 5.15. The number of nitrogens with one attached hydrogen (secondary N) is 1. The van der Waals surface area contributed by atoms with E-state index in [-0.39, 0.29) is 0 Å². The molecule has 4 heteroatoms. The summed E-state index contributed by atoms with van der Waals surface area (Å²) >= 11 is 0. The predicted octanol–water partition coefficient (Wildman–Crippen LogP) is 3.20. The van der Waals surface area contributed by atoms with Crippen LogP contribution in [0.5, 0.6) is 0 Å². The molecule has 3 aromatic rings. The molecule has 0 spiro atoms. The van der Waals surface area contributed by atoms with E-state index in [1.165, 1.54) is 5.56 Å². The predicted molar refractivity (Wildman–Crippen MR) is 81.8 cm³/mol. The second-order valence-electron chi connectivity index (χ2n) is 5.15. The molecule has 2 heterocycles. The molecule has 1 aromatic carbocycles. The fourth-order valence-corrected chi connectivity index (χ4v) is 2.41. The third-order valence-electron chi connectivity index (χ3n) is 3.43. The van der Waals surface area contributed by atoms with Crippen molar-refractivity contribution in [3.63, 3.8) is 0 Å². The summed E-state index contributed by atoms with van der Waals surface area (Å²) in [6, 6.07) is 10.5. The van der Waals surface area contributed by atoms with Crippen LogP contribution < -0.4 is 5.32 Å². The molecular formula is C16H18N4. The van der Waals surface area contributed by atoms with Gasteiger partial charge in [-0.1, -0.05) is 12.1 Å². The zero-order valence-corrected chi connectivity index (χ0v) is 12.0. The molecule has 0 unspecified atom stereocenters. The molecule has 0 fully saturated rings. The van der Waals surface area contributed by atoms with Gasteiger partial charge < -0.3 is 5.32 Å². The Bertz CT molecular complexity index is 758. The van der Waals surface area contributed by atoms with Crippen molar-refractivity contribution in [1.29, 1.82) is 0 Å². The Morgan fingerprint density at radius 2 is 2.05 bits per heavy atom. The Balaban J connectivity index is 1.83. The van der Waals surface area contributed by atoms with Crippen molar-refractivity contribution in [2.75, 3.05) is 5.32 Å². The van der Waals surface area contributed by atoms with Crippen LogP contribution >= 0.6 is 0 Å². The van der Waals surface area contributed by atoms with Crippen LogP contribution in [0.25, 0.3) is 11.0 Å². The number of fused-ring (bicyclic) bond motifs is 1. The van der Waals surface area contributed by atoms with Crippen LogP contribution in [0.2, 0.25) is 0 Å². The molecule has 0 amide bonds. The van der Waals surface area contributed by atoms with Gasteiger partial charge >= 0.3 is 0 Å². The molecule has 0 bridgehead atoms. The third-order valence-corrected chi connectivity index (χ3v) is 3.43. The van der Waals surface area contributed by atoms with Crippen molar-refractivity contribution in [1.82, 2.24) is 14.8 Å². The van der Waals surface area contributed by atoms with E-state index in [0.29, 0.717) is 0 Å². The van der Waals surface area contributed by atoms with Crippen LogP contribution in [0, 0.1) is 13.8 Å². The summed E-state index contributed by atoms with van der Waals surface area (Å²) in [4.78, 5) is 4.49. The summed E-state index contributed by atoms with van der Waals surface area (Å²) in [5, 5.41) is 8.94. The van der Waals surface area contributed by atoms with E-state index in [9.17, 15) is 0 Å². The summed E-state index contributed by atoms with van der Waals surface area (Å²) in [6.45, 7) is 4.88. The molecule has 0 saturated heterocycles. The first-order chi connectivity index (χ1) is 9.63. The lowest BCUT2D eigenvalue weighted by Crippen LogP contribution is -2.00. The number of aromatic nitrogens is 3. The van der Waals surface area contributed by atoms with Gasteiger partial charge in [-0.05, 0) is 43.2 Å². The number of hydrogen-bond acceptors (Lipinski definition) is 3. The minimum Gasteiger partial charge on any atom is -0.381 e. The van der Waals surface area contributed by atoms with Gasteiger partial charge in [-0.3, -0.25) is 4.68 Å². The molecule has 0 aliphatic heterocycles. The number of benzene rings is 1. The number of pyridine rings is 1. The molecule has 20 heavy (non-hydrogen) atoms. The Morgan fingerprint density at radius 3 is 2.85 bits per heavy atom. The Hall–Kier alpha value is -2.36. The molecule has 1 N–H and O–H groups in total. The lowest BCUT2D eigenvalue weighted by atomic mass is 10.2. The largest absolute Gasteiger partial charge is 0.381 e. The zero-order valence-electron chi connectivity index (χ0n) is 12.0. The van der Waals surface area contributed by atoms with E-state index < -0.39 is 0 Å². The summed E-state index contributed by atoms with van der Waals surface area (Å²) in [5.41, 5.74) is 5.50. The zero-order chi connectivity index (χ0) is 14.1. The minimum atomic E-state index is 0.765. The summed E-state index contributed by atoms with van der Waals surface area (Å²) < 4.78 is 1.82. The molecule has 3 rings (SSSR count). The number of anilines is 1. The van der Waals surface area contributed by atoms with Crippen LogP contribution in [0.4, 0.5) is 5.69 Å². The Morgan fingerprint density at radius 1 is 1.20 bits per heavy atom. The van der Waals surface area contributed by atoms with Crippen molar-refractivity contribution < 1.29 is 0 Å². The lowest BCUT2D eigenvalue weighted by Gasteiger charge is -2.07. The lowest BCUT2D eigenvalue weighted by molar-refractivity contribution is 0.773. The first kappa shape index (κ1) is 12.7. The van der Waals surface area contributed by atoms with Gasteiger partial charge in [-0.2, -0.15) is 5.10 Å². The first-order valence-corrected chi connectivity index (χ1v) is 6.72. The highest BCUT2D eigenvalue weighted by Crippen LogP contribution is 2.17. The second kappa shape index (κ2) is 4.96. The van der Waals surface area contributed by atoms with E-state index in [2.05, 4.69) is 52.7 Å². The highest BCUT2D eigenvalue weighted by Gasteiger charge is 2.06. The van der Waals surface area contributed by atoms with Crippen molar-refractivity contribution in [3.8, 4) is 0 Å². The molecule has 102 valence electrons. The molecule has 0 saturated carbocycles. The standard InChI is InChI=1S/C16H18N4/c1-11-5-4-6-14(7-11)17-9-13-8-15-12(2)19-20(3)16(15)18-10-13/h4-8,10,17H,9H2,1-3H3. The number of aryl methyl sites for hydroxylation is 3. The fraction of sp³-hybridized carbons (Fsp3) is 0.250. The monoisotopic (exact) mass is 266 g/mol.